The average molecular weight is 443 g/mol. The van der Waals surface area contributed by atoms with Crippen molar-refractivity contribution in [1.29, 1.82) is 0 Å². The summed E-state index contributed by atoms with van der Waals surface area (Å²) in [5.74, 6) is 1.02. The van der Waals surface area contributed by atoms with Gasteiger partial charge in [0.05, 0.1) is 13.2 Å². The fourth-order valence-corrected chi connectivity index (χ4v) is 5.90. The van der Waals surface area contributed by atoms with Crippen molar-refractivity contribution in [2.45, 2.75) is 45.0 Å². The predicted molar refractivity (Wildman–Crippen MR) is 135 cm³/mol. The van der Waals surface area contributed by atoms with E-state index in [1.807, 2.05) is 12.1 Å². The largest absolute Gasteiger partial charge is 0.497 e. The number of aliphatic hydroxyl groups is 1. The van der Waals surface area contributed by atoms with E-state index in [9.17, 15) is 5.11 Å². The second-order valence-corrected chi connectivity index (χ2v) is 10.2. The Balaban J connectivity index is 1.67. The summed E-state index contributed by atoms with van der Waals surface area (Å²) in [5.41, 5.74) is 3.69. The van der Waals surface area contributed by atoms with Gasteiger partial charge in [0.25, 0.3) is 0 Å². The molecule has 4 nitrogen and oxygen atoms in total. The van der Waals surface area contributed by atoms with Gasteiger partial charge in [-0.15, -0.1) is 0 Å². The maximum absolute atomic E-state index is 11.3. The molecule has 1 aliphatic heterocycles. The second kappa shape index (κ2) is 8.75. The lowest BCUT2D eigenvalue weighted by molar-refractivity contribution is -0.00719. The zero-order valence-corrected chi connectivity index (χ0v) is 19.8. The van der Waals surface area contributed by atoms with Crippen LogP contribution in [0.4, 0.5) is 11.4 Å². The monoisotopic (exact) mass is 442 g/mol. The molecule has 0 amide bonds. The molecule has 3 aromatic rings. The summed E-state index contributed by atoms with van der Waals surface area (Å²) in [4.78, 5) is 5.03. The fraction of sp³-hybridized carbons (Fsp3) is 0.379. The number of hydrogen-bond donors (Lipinski definition) is 1. The Morgan fingerprint density at radius 1 is 0.818 bits per heavy atom. The maximum Gasteiger partial charge on any atom is 0.128 e. The quantitative estimate of drug-likeness (QED) is 0.547. The van der Waals surface area contributed by atoms with E-state index >= 15 is 0 Å². The molecule has 1 N–H and O–H groups in total. The Morgan fingerprint density at radius 3 is 2.09 bits per heavy atom. The number of methoxy groups -OCH3 is 1. The highest BCUT2D eigenvalue weighted by Crippen LogP contribution is 2.49. The fourth-order valence-electron chi connectivity index (χ4n) is 5.90. The Kier molecular flexibility index (Phi) is 5.79. The summed E-state index contributed by atoms with van der Waals surface area (Å²) in [7, 11) is 1.70. The normalized spacial score (nSPS) is 26.5. The molecule has 1 saturated heterocycles. The van der Waals surface area contributed by atoms with E-state index < -0.39 is 0 Å². The standard InChI is InChI=1S/C29H34N2O2/c1-29(2)18-26-25(27(32)19-29)20-30(22-14-16-24(33-3)17-15-22)28(21-10-6-4-7-11-21)31(26)23-12-8-5-9-13-23/h4-17,25-28,32H,18-20H2,1-3H3. The van der Waals surface area contributed by atoms with Crippen molar-refractivity contribution in [2.24, 2.45) is 11.3 Å². The summed E-state index contributed by atoms with van der Waals surface area (Å²) >= 11 is 0. The molecule has 33 heavy (non-hydrogen) atoms. The van der Waals surface area contributed by atoms with E-state index in [2.05, 4.69) is 96.4 Å². The van der Waals surface area contributed by atoms with Crippen molar-refractivity contribution >= 4 is 11.4 Å². The number of para-hydroxylation sites is 1. The molecule has 172 valence electrons. The van der Waals surface area contributed by atoms with Crippen LogP contribution in [0.15, 0.2) is 84.9 Å². The first kappa shape index (κ1) is 21.8. The van der Waals surface area contributed by atoms with E-state index in [1.165, 1.54) is 11.3 Å². The van der Waals surface area contributed by atoms with Crippen molar-refractivity contribution in [2.75, 3.05) is 23.5 Å². The molecule has 5 rings (SSSR count). The van der Waals surface area contributed by atoms with Crippen LogP contribution in [-0.2, 0) is 0 Å². The first-order chi connectivity index (χ1) is 16.0. The second-order valence-electron chi connectivity index (χ2n) is 10.2. The summed E-state index contributed by atoms with van der Waals surface area (Å²) in [5, 5.41) is 11.3. The van der Waals surface area contributed by atoms with Gasteiger partial charge in [0, 0.05) is 29.9 Å². The summed E-state index contributed by atoms with van der Waals surface area (Å²) in [6.07, 6.45) is 1.60. The third-order valence-electron chi connectivity index (χ3n) is 7.39. The van der Waals surface area contributed by atoms with Crippen molar-refractivity contribution in [3.05, 3.63) is 90.5 Å². The summed E-state index contributed by atoms with van der Waals surface area (Å²) in [6.45, 7) is 5.41. The van der Waals surface area contributed by atoms with Gasteiger partial charge in [-0.2, -0.15) is 0 Å². The third-order valence-corrected chi connectivity index (χ3v) is 7.39. The molecule has 0 spiro atoms. The lowest BCUT2D eigenvalue weighted by atomic mass is 9.66. The van der Waals surface area contributed by atoms with Crippen LogP contribution in [0.2, 0.25) is 0 Å². The summed E-state index contributed by atoms with van der Waals surface area (Å²) in [6, 6.07) is 30.1. The van der Waals surface area contributed by atoms with Gasteiger partial charge in [0.15, 0.2) is 0 Å². The van der Waals surface area contributed by atoms with Crippen LogP contribution in [0, 0.1) is 11.3 Å². The number of anilines is 2. The maximum atomic E-state index is 11.3. The molecule has 0 radical (unpaired) electrons. The zero-order valence-electron chi connectivity index (χ0n) is 19.8. The lowest BCUT2D eigenvalue weighted by Gasteiger charge is -2.59. The molecule has 4 atom stereocenters. The molecule has 0 bridgehead atoms. The average Bonchev–Trinajstić information content (AvgIpc) is 2.83. The first-order valence-corrected chi connectivity index (χ1v) is 11.9. The first-order valence-electron chi connectivity index (χ1n) is 11.9. The van der Waals surface area contributed by atoms with E-state index in [0.717, 1.165) is 30.8 Å². The van der Waals surface area contributed by atoms with Crippen molar-refractivity contribution < 1.29 is 9.84 Å². The zero-order chi connectivity index (χ0) is 23.0. The Bertz CT molecular complexity index is 1050. The third kappa shape index (κ3) is 4.20. The van der Waals surface area contributed by atoms with Gasteiger partial charge in [0.2, 0.25) is 0 Å². The van der Waals surface area contributed by atoms with Crippen LogP contribution < -0.4 is 14.5 Å². The molecule has 2 fully saturated rings. The number of rotatable bonds is 4. The molecule has 4 unspecified atom stereocenters. The van der Waals surface area contributed by atoms with Gasteiger partial charge in [-0.05, 0) is 60.2 Å². The lowest BCUT2D eigenvalue weighted by Crippen LogP contribution is -2.63. The van der Waals surface area contributed by atoms with Crippen LogP contribution in [-0.4, -0.2) is 30.9 Å². The smallest absolute Gasteiger partial charge is 0.128 e. The van der Waals surface area contributed by atoms with E-state index in [-0.39, 0.29) is 29.6 Å². The van der Waals surface area contributed by atoms with Gasteiger partial charge in [-0.1, -0.05) is 62.4 Å². The Hall–Kier alpha value is -2.98. The molecule has 0 aromatic heterocycles. The molecule has 3 aromatic carbocycles. The molecular weight excluding hydrogens is 408 g/mol. The molecular formula is C29H34N2O2. The van der Waals surface area contributed by atoms with Gasteiger partial charge < -0.3 is 19.6 Å². The number of aliphatic hydroxyl groups excluding tert-OH is 1. The predicted octanol–water partition coefficient (Wildman–Crippen LogP) is 5.89. The van der Waals surface area contributed by atoms with E-state index in [0.29, 0.717) is 0 Å². The van der Waals surface area contributed by atoms with E-state index in [4.69, 9.17) is 4.74 Å². The van der Waals surface area contributed by atoms with Crippen molar-refractivity contribution in [1.82, 2.24) is 0 Å². The van der Waals surface area contributed by atoms with Crippen LogP contribution >= 0.6 is 0 Å². The van der Waals surface area contributed by atoms with Crippen LogP contribution in [0.25, 0.3) is 0 Å². The minimum atomic E-state index is -0.331. The Labute approximate surface area is 197 Å². The SMILES string of the molecule is COc1ccc(N2CC3C(O)CC(C)(C)CC3N(c3ccccc3)C2c2ccccc2)cc1. The van der Waals surface area contributed by atoms with Gasteiger partial charge in [-0.25, -0.2) is 0 Å². The van der Waals surface area contributed by atoms with Gasteiger partial charge in [0.1, 0.15) is 11.9 Å². The molecule has 1 saturated carbocycles. The highest BCUT2D eigenvalue weighted by atomic mass is 16.5. The van der Waals surface area contributed by atoms with Crippen molar-refractivity contribution in [3.8, 4) is 5.75 Å². The minimum Gasteiger partial charge on any atom is -0.497 e. The Morgan fingerprint density at radius 2 is 1.45 bits per heavy atom. The number of benzene rings is 3. The van der Waals surface area contributed by atoms with Crippen molar-refractivity contribution in [3.63, 3.8) is 0 Å². The van der Waals surface area contributed by atoms with Gasteiger partial charge in [-0.3, -0.25) is 0 Å². The molecule has 4 heteroatoms. The van der Waals surface area contributed by atoms with Crippen LogP contribution in [0.5, 0.6) is 5.75 Å². The summed E-state index contributed by atoms with van der Waals surface area (Å²) < 4.78 is 5.42. The highest BCUT2D eigenvalue weighted by Gasteiger charge is 2.50. The topological polar surface area (TPSA) is 35.9 Å². The highest BCUT2D eigenvalue weighted by molar-refractivity contribution is 5.59. The number of hydrogen-bond acceptors (Lipinski definition) is 4. The number of ether oxygens (including phenoxy) is 1. The van der Waals surface area contributed by atoms with E-state index in [1.54, 1.807) is 7.11 Å². The molecule has 2 aliphatic rings. The molecule has 1 heterocycles. The minimum absolute atomic E-state index is 0.0318. The van der Waals surface area contributed by atoms with Gasteiger partial charge >= 0.3 is 0 Å². The van der Waals surface area contributed by atoms with Crippen LogP contribution in [0.3, 0.4) is 0 Å². The number of fused-ring (bicyclic) bond motifs is 1. The van der Waals surface area contributed by atoms with Crippen LogP contribution in [0.1, 0.15) is 38.4 Å². The number of nitrogens with zero attached hydrogens (tertiary/aromatic N) is 2. The molecule has 1 aliphatic carbocycles.